The highest BCUT2D eigenvalue weighted by molar-refractivity contribution is 7.71. The van der Waals surface area contributed by atoms with Crippen LogP contribution < -0.4 is 15.0 Å². The van der Waals surface area contributed by atoms with Crippen LogP contribution in [-0.2, 0) is 0 Å². The highest BCUT2D eigenvalue weighted by Gasteiger charge is 2.05. The maximum absolute atomic E-state index is 12.0. The minimum atomic E-state index is -0.360. The van der Waals surface area contributed by atoms with E-state index in [-0.39, 0.29) is 16.0 Å². The summed E-state index contributed by atoms with van der Waals surface area (Å²) in [7, 11) is 1.58. The molecule has 0 atom stereocenters. The quantitative estimate of drug-likeness (QED) is 0.647. The Kier molecular flexibility index (Phi) is 5.64. The van der Waals surface area contributed by atoms with Crippen molar-refractivity contribution in [2.24, 2.45) is 5.10 Å². The van der Waals surface area contributed by atoms with Gasteiger partial charge in [0.2, 0.25) is 4.77 Å². The zero-order valence-electron chi connectivity index (χ0n) is 13.2. The van der Waals surface area contributed by atoms with E-state index in [9.17, 15) is 4.79 Å². The molecule has 1 heterocycles. The van der Waals surface area contributed by atoms with Crippen LogP contribution in [0.25, 0.3) is 0 Å². The average Bonchev–Trinajstić information content (AvgIpc) is 2.56. The Morgan fingerprint density at radius 1 is 1.43 bits per heavy atom. The van der Waals surface area contributed by atoms with E-state index in [2.05, 4.69) is 15.3 Å². The van der Waals surface area contributed by atoms with Gasteiger partial charge in [0.25, 0.3) is 5.56 Å². The molecule has 0 radical (unpaired) electrons. The molecule has 1 N–H and O–H groups in total. The summed E-state index contributed by atoms with van der Waals surface area (Å²) in [6, 6.07) is 5.39. The Morgan fingerprint density at radius 3 is 2.91 bits per heavy atom. The first kappa shape index (κ1) is 16.9. The van der Waals surface area contributed by atoms with Crippen LogP contribution >= 0.6 is 12.2 Å². The number of ether oxygens (including phenoxy) is 2. The second-order valence-electron chi connectivity index (χ2n) is 4.73. The van der Waals surface area contributed by atoms with E-state index in [4.69, 9.17) is 21.7 Å². The SMILES string of the molecule is CCCOc1cc(/C=N\n2c(=S)[nH]nc(C)c2=O)ccc1OC. The van der Waals surface area contributed by atoms with Crippen molar-refractivity contribution in [1.29, 1.82) is 0 Å². The van der Waals surface area contributed by atoms with E-state index in [0.717, 1.165) is 16.7 Å². The highest BCUT2D eigenvalue weighted by atomic mass is 32.1. The predicted octanol–water partition coefficient (Wildman–Crippen LogP) is 2.29. The molecule has 0 aliphatic heterocycles. The molecule has 0 aliphatic carbocycles. The number of hydrogen-bond donors (Lipinski definition) is 1. The second-order valence-corrected chi connectivity index (χ2v) is 5.12. The molecule has 1 aromatic carbocycles. The molecular formula is C15H18N4O3S. The van der Waals surface area contributed by atoms with Crippen LogP contribution in [0.2, 0.25) is 0 Å². The van der Waals surface area contributed by atoms with Gasteiger partial charge in [-0.2, -0.15) is 14.9 Å². The molecule has 0 spiro atoms. The van der Waals surface area contributed by atoms with Crippen LogP contribution in [-0.4, -0.2) is 34.8 Å². The van der Waals surface area contributed by atoms with Crippen LogP contribution in [0.15, 0.2) is 28.1 Å². The number of benzene rings is 1. The van der Waals surface area contributed by atoms with Crippen LogP contribution in [0.3, 0.4) is 0 Å². The average molecular weight is 334 g/mol. The van der Waals surface area contributed by atoms with E-state index >= 15 is 0 Å². The van der Waals surface area contributed by atoms with Gasteiger partial charge in [0, 0.05) is 0 Å². The molecule has 0 saturated heterocycles. The van der Waals surface area contributed by atoms with E-state index in [1.807, 2.05) is 13.0 Å². The molecule has 1 aromatic heterocycles. The Morgan fingerprint density at radius 2 is 2.22 bits per heavy atom. The van der Waals surface area contributed by atoms with Crippen molar-refractivity contribution in [3.63, 3.8) is 0 Å². The Labute approximate surface area is 138 Å². The normalized spacial score (nSPS) is 10.9. The van der Waals surface area contributed by atoms with Gasteiger partial charge in [-0.15, -0.1) is 0 Å². The van der Waals surface area contributed by atoms with Gasteiger partial charge in [0.15, 0.2) is 11.5 Å². The summed E-state index contributed by atoms with van der Waals surface area (Å²) in [5, 5.41) is 10.5. The van der Waals surface area contributed by atoms with Gasteiger partial charge >= 0.3 is 0 Å². The number of hydrogen-bond acceptors (Lipinski definition) is 6. The first-order valence-corrected chi connectivity index (χ1v) is 7.51. The molecule has 122 valence electrons. The summed E-state index contributed by atoms with van der Waals surface area (Å²) < 4.78 is 12.1. The van der Waals surface area contributed by atoms with E-state index in [1.54, 1.807) is 26.2 Å². The van der Waals surface area contributed by atoms with Crippen LogP contribution in [0.5, 0.6) is 11.5 Å². The Hall–Kier alpha value is -2.48. The zero-order valence-corrected chi connectivity index (χ0v) is 14.0. The fraction of sp³-hybridized carbons (Fsp3) is 0.333. The number of aromatic amines is 1. The van der Waals surface area contributed by atoms with Gasteiger partial charge in [-0.05, 0) is 49.3 Å². The molecule has 8 heteroatoms. The fourth-order valence-electron chi connectivity index (χ4n) is 1.80. The predicted molar refractivity (Wildman–Crippen MR) is 90.2 cm³/mol. The lowest BCUT2D eigenvalue weighted by molar-refractivity contribution is 0.294. The molecule has 0 fully saturated rings. The van der Waals surface area contributed by atoms with E-state index in [1.165, 1.54) is 6.21 Å². The van der Waals surface area contributed by atoms with E-state index < -0.39 is 0 Å². The summed E-state index contributed by atoms with van der Waals surface area (Å²) >= 11 is 5.02. The van der Waals surface area contributed by atoms with Gasteiger partial charge in [-0.25, -0.2) is 0 Å². The summed E-state index contributed by atoms with van der Waals surface area (Å²) in [5.41, 5.74) is 0.686. The molecule has 2 rings (SSSR count). The van der Waals surface area contributed by atoms with Crippen molar-refractivity contribution in [3.8, 4) is 11.5 Å². The molecule has 0 amide bonds. The molecular weight excluding hydrogens is 316 g/mol. The van der Waals surface area contributed by atoms with Gasteiger partial charge in [-0.1, -0.05) is 6.92 Å². The number of methoxy groups -OCH3 is 1. The second kappa shape index (κ2) is 7.68. The largest absolute Gasteiger partial charge is 0.493 e. The minimum absolute atomic E-state index is 0.132. The number of aryl methyl sites for hydroxylation is 1. The van der Waals surface area contributed by atoms with Gasteiger partial charge in [0.1, 0.15) is 5.69 Å². The zero-order chi connectivity index (χ0) is 16.8. The lowest BCUT2D eigenvalue weighted by Crippen LogP contribution is -2.22. The molecule has 0 bridgehead atoms. The topological polar surface area (TPSA) is 81.5 Å². The molecule has 0 aliphatic rings. The molecule has 7 nitrogen and oxygen atoms in total. The van der Waals surface area contributed by atoms with Crippen molar-refractivity contribution in [2.45, 2.75) is 20.3 Å². The first-order valence-electron chi connectivity index (χ1n) is 7.10. The van der Waals surface area contributed by atoms with Crippen molar-refractivity contribution in [3.05, 3.63) is 44.6 Å². The van der Waals surface area contributed by atoms with Crippen molar-refractivity contribution in [1.82, 2.24) is 14.9 Å². The molecule has 23 heavy (non-hydrogen) atoms. The summed E-state index contributed by atoms with van der Waals surface area (Å²) in [6.07, 6.45) is 2.42. The van der Waals surface area contributed by atoms with Crippen LogP contribution in [0.1, 0.15) is 24.6 Å². The third-order valence-corrected chi connectivity index (χ3v) is 3.25. The summed E-state index contributed by atoms with van der Waals surface area (Å²) in [5.74, 6) is 1.27. The number of aromatic nitrogens is 3. The fourth-order valence-corrected chi connectivity index (χ4v) is 1.98. The highest BCUT2D eigenvalue weighted by Crippen LogP contribution is 2.27. The third kappa shape index (κ3) is 4.04. The smallest absolute Gasteiger partial charge is 0.296 e. The third-order valence-electron chi connectivity index (χ3n) is 2.99. The van der Waals surface area contributed by atoms with Crippen molar-refractivity contribution in [2.75, 3.05) is 13.7 Å². The molecule has 0 saturated carbocycles. The number of H-pyrrole nitrogens is 1. The lowest BCUT2D eigenvalue weighted by atomic mass is 10.2. The summed E-state index contributed by atoms with van der Waals surface area (Å²) in [4.78, 5) is 12.0. The maximum atomic E-state index is 12.0. The Balaban J connectivity index is 2.35. The number of rotatable bonds is 6. The van der Waals surface area contributed by atoms with Crippen molar-refractivity contribution < 1.29 is 9.47 Å². The lowest BCUT2D eigenvalue weighted by Gasteiger charge is -2.10. The molecule has 0 unspecified atom stereocenters. The Bertz CT molecular complexity index is 826. The summed E-state index contributed by atoms with van der Waals surface area (Å²) in [6.45, 7) is 4.20. The monoisotopic (exact) mass is 334 g/mol. The maximum Gasteiger partial charge on any atom is 0.296 e. The van der Waals surface area contributed by atoms with E-state index in [0.29, 0.717) is 18.1 Å². The van der Waals surface area contributed by atoms with Crippen molar-refractivity contribution >= 4 is 18.4 Å². The number of nitrogens with one attached hydrogen (secondary N) is 1. The minimum Gasteiger partial charge on any atom is -0.493 e. The van der Waals surface area contributed by atoms with Gasteiger partial charge in [0.05, 0.1) is 19.9 Å². The standard InChI is InChI=1S/C15H18N4O3S/c1-4-7-22-13-8-11(5-6-12(13)21-3)9-16-19-14(20)10(2)17-18-15(19)23/h5-6,8-9H,4,7H2,1-3H3,(H,18,23)/b16-9-. The van der Waals surface area contributed by atoms with Gasteiger partial charge < -0.3 is 9.47 Å². The van der Waals surface area contributed by atoms with Crippen LogP contribution in [0.4, 0.5) is 0 Å². The first-order chi connectivity index (χ1) is 11.1. The molecule has 2 aromatic rings. The van der Waals surface area contributed by atoms with Gasteiger partial charge in [-0.3, -0.25) is 9.89 Å². The number of nitrogens with zero attached hydrogens (tertiary/aromatic N) is 3. The van der Waals surface area contributed by atoms with Crippen LogP contribution in [0, 0.1) is 11.7 Å².